The van der Waals surface area contributed by atoms with Crippen molar-refractivity contribution in [3.63, 3.8) is 0 Å². The zero-order chi connectivity index (χ0) is 21.7. The molecule has 6 heteroatoms. The number of ether oxygens (including phenoxy) is 2. The third-order valence-corrected chi connectivity index (χ3v) is 4.28. The maximum absolute atomic E-state index is 13.1. The number of rotatable bonds is 6. The molecule has 0 spiro atoms. The number of benzene rings is 3. The third kappa shape index (κ3) is 5.08. The summed E-state index contributed by atoms with van der Waals surface area (Å²) in [5.41, 5.74) is 0.0740. The Balaban J connectivity index is 1.82. The van der Waals surface area contributed by atoms with Crippen LogP contribution in [0.5, 0.6) is 11.5 Å². The van der Waals surface area contributed by atoms with Crippen molar-refractivity contribution in [2.24, 2.45) is 0 Å². The fourth-order valence-corrected chi connectivity index (χ4v) is 3.01. The summed E-state index contributed by atoms with van der Waals surface area (Å²) in [6.45, 7) is 5.62. The fraction of sp³-hybridized carbons (Fsp3) is 0.250. The maximum Gasteiger partial charge on any atom is 0.407 e. The number of carbonyl (C=O) groups excluding carboxylic acids is 2. The Morgan fingerprint density at radius 2 is 1.67 bits per heavy atom. The van der Waals surface area contributed by atoms with E-state index in [1.165, 1.54) is 0 Å². The van der Waals surface area contributed by atoms with Gasteiger partial charge in [0, 0.05) is 5.56 Å². The largest absolute Gasteiger partial charge is 0.504 e. The van der Waals surface area contributed by atoms with Crippen LogP contribution >= 0.6 is 0 Å². The molecule has 0 fully saturated rings. The standard InChI is InChI=1S/C24H25NO5/c1-24(2,3)30-23(28)25-13-14-29-19-15-17-11-7-8-12-18(17)20(22(19)27)21(26)16-9-5-4-6-10-16/h4-12,15,27H,13-14H2,1-3H3,(H,25,28). The van der Waals surface area contributed by atoms with Gasteiger partial charge in [0.2, 0.25) is 0 Å². The van der Waals surface area contributed by atoms with Crippen molar-refractivity contribution >= 4 is 22.6 Å². The first kappa shape index (κ1) is 21.2. The lowest BCUT2D eigenvalue weighted by atomic mass is 9.95. The minimum Gasteiger partial charge on any atom is -0.504 e. The van der Waals surface area contributed by atoms with Crippen LogP contribution < -0.4 is 10.1 Å². The Labute approximate surface area is 175 Å². The van der Waals surface area contributed by atoms with Crippen molar-refractivity contribution in [3.05, 3.63) is 71.8 Å². The van der Waals surface area contributed by atoms with Gasteiger partial charge in [-0.1, -0.05) is 54.6 Å². The molecule has 0 radical (unpaired) electrons. The smallest absolute Gasteiger partial charge is 0.407 e. The number of ketones is 1. The number of carbonyl (C=O) groups is 2. The number of amides is 1. The van der Waals surface area contributed by atoms with Gasteiger partial charge in [-0.3, -0.25) is 4.79 Å². The first-order valence-corrected chi connectivity index (χ1v) is 9.70. The molecule has 0 unspecified atom stereocenters. The molecule has 3 aromatic rings. The molecular formula is C24H25NO5. The van der Waals surface area contributed by atoms with E-state index in [0.717, 1.165) is 5.39 Å². The predicted molar refractivity (Wildman–Crippen MR) is 115 cm³/mol. The lowest BCUT2D eigenvalue weighted by Crippen LogP contribution is -2.34. The summed E-state index contributed by atoms with van der Waals surface area (Å²) in [6.07, 6.45) is -0.547. The van der Waals surface area contributed by atoms with Gasteiger partial charge >= 0.3 is 6.09 Å². The summed E-state index contributed by atoms with van der Waals surface area (Å²) in [5, 5.41) is 14.8. The van der Waals surface area contributed by atoms with Crippen molar-refractivity contribution in [2.45, 2.75) is 26.4 Å². The van der Waals surface area contributed by atoms with Gasteiger partial charge in [0.15, 0.2) is 17.3 Å². The summed E-state index contributed by atoms with van der Waals surface area (Å²) in [4.78, 5) is 24.8. The van der Waals surface area contributed by atoms with E-state index in [4.69, 9.17) is 9.47 Å². The topological polar surface area (TPSA) is 84.9 Å². The second kappa shape index (κ2) is 8.86. The van der Waals surface area contributed by atoms with E-state index in [1.54, 1.807) is 57.2 Å². The van der Waals surface area contributed by atoms with Crippen LogP contribution in [0.4, 0.5) is 4.79 Å². The summed E-state index contributed by atoms with van der Waals surface area (Å²) in [7, 11) is 0. The molecule has 6 nitrogen and oxygen atoms in total. The minimum absolute atomic E-state index is 0.101. The highest BCUT2D eigenvalue weighted by Crippen LogP contribution is 2.38. The highest BCUT2D eigenvalue weighted by Gasteiger charge is 2.21. The van der Waals surface area contributed by atoms with Crippen LogP contribution in [0.15, 0.2) is 60.7 Å². The van der Waals surface area contributed by atoms with Gasteiger partial charge in [-0.15, -0.1) is 0 Å². The van der Waals surface area contributed by atoms with Crippen molar-refractivity contribution in [3.8, 4) is 11.5 Å². The lowest BCUT2D eigenvalue weighted by Gasteiger charge is -2.19. The highest BCUT2D eigenvalue weighted by atomic mass is 16.6. The molecule has 1 amide bonds. The molecule has 0 aliphatic heterocycles. The molecule has 0 saturated carbocycles. The number of fused-ring (bicyclic) bond motifs is 1. The Morgan fingerprint density at radius 1 is 1.00 bits per heavy atom. The Bertz CT molecular complexity index is 1050. The average molecular weight is 407 g/mol. The molecule has 0 aliphatic rings. The monoisotopic (exact) mass is 407 g/mol. The second-order valence-corrected chi connectivity index (χ2v) is 7.79. The van der Waals surface area contributed by atoms with Crippen molar-refractivity contribution < 1.29 is 24.2 Å². The first-order valence-electron chi connectivity index (χ1n) is 9.70. The van der Waals surface area contributed by atoms with Crippen LogP contribution in [-0.2, 0) is 4.74 Å². The zero-order valence-electron chi connectivity index (χ0n) is 17.3. The number of phenols is 1. The molecule has 30 heavy (non-hydrogen) atoms. The van der Waals surface area contributed by atoms with Gasteiger partial charge in [0.1, 0.15) is 12.2 Å². The van der Waals surface area contributed by atoms with E-state index in [9.17, 15) is 14.7 Å². The average Bonchev–Trinajstić information content (AvgIpc) is 2.70. The van der Waals surface area contributed by atoms with Crippen LogP contribution in [0.1, 0.15) is 36.7 Å². The van der Waals surface area contributed by atoms with Gasteiger partial charge < -0.3 is 19.9 Å². The Kier molecular flexibility index (Phi) is 6.26. The molecule has 0 aliphatic carbocycles. The molecule has 0 bridgehead atoms. The normalized spacial score (nSPS) is 11.2. The predicted octanol–water partition coefficient (Wildman–Crippen LogP) is 4.68. The summed E-state index contributed by atoms with van der Waals surface area (Å²) >= 11 is 0. The first-order chi connectivity index (χ1) is 14.3. The summed E-state index contributed by atoms with van der Waals surface area (Å²) in [5.74, 6) is -0.333. The fourth-order valence-electron chi connectivity index (χ4n) is 3.01. The molecule has 0 atom stereocenters. The molecule has 0 aromatic heterocycles. The summed E-state index contributed by atoms with van der Waals surface area (Å²) < 4.78 is 10.9. The van der Waals surface area contributed by atoms with E-state index >= 15 is 0 Å². The van der Waals surface area contributed by atoms with Crippen LogP contribution in [0.3, 0.4) is 0 Å². The second-order valence-electron chi connectivity index (χ2n) is 7.79. The van der Waals surface area contributed by atoms with Gasteiger partial charge in [-0.05, 0) is 37.6 Å². The summed E-state index contributed by atoms with van der Waals surface area (Å²) in [6, 6.07) is 17.8. The minimum atomic E-state index is -0.589. The molecular weight excluding hydrogens is 382 g/mol. The molecule has 156 valence electrons. The zero-order valence-corrected chi connectivity index (χ0v) is 17.3. The quantitative estimate of drug-likeness (QED) is 0.458. The Morgan fingerprint density at radius 3 is 2.37 bits per heavy atom. The number of aromatic hydroxyl groups is 1. The van der Waals surface area contributed by atoms with Gasteiger partial charge in [0.25, 0.3) is 0 Å². The van der Waals surface area contributed by atoms with Crippen molar-refractivity contribution in [1.29, 1.82) is 0 Å². The number of hydrogen-bond acceptors (Lipinski definition) is 5. The van der Waals surface area contributed by atoms with E-state index in [2.05, 4.69) is 5.32 Å². The molecule has 3 aromatic carbocycles. The van der Waals surface area contributed by atoms with E-state index in [1.807, 2.05) is 24.3 Å². The van der Waals surface area contributed by atoms with Crippen LogP contribution in [0.25, 0.3) is 10.8 Å². The number of hydrogen-bond donors (Lipinski definition) is 2. The van der Waals surface area contributed by atoms with E-state index in [0.29, 0.717) is 10.9 Å². The van der Waals surface area contributed by atoms with Gasteiger partial charge in [-0.25, -0.2) is 4.79 Å². The number of nitrogens with one attached hydrogen (secondary N) is 1. The van der Waals surface area contributed by atoms with Crippen LogP contribution in [-0.4, -0.2) is 35.7 Å². The van der Waals surface area contributed by atoms with Crippen LogP contribution in [0.2, 0.25) is 0 Å². The van der Waals surface area contributed by atoms with Gasteiger partial charge in [0.05, 0.1) is 12.1 Å². The van der Waals surface area contributed by atoms with Crippen LogP contribution in [0, 0.1) is 0 Å². The Hall–Kier alpha value is -3.54. The SMILES string of the molecule is CC(C)(C)OC(=O)NCCOc1cc2ccccc2c(C(=O)c2ccccc2)c1O. The van der Waals surface area contributed by atoms with E-state index in [-0.39, 0.29) is 36.0 Å². The maximum atomic E-state index is 13.1. The third-order valence-electron chi connectivity index (χ3n) is 4.28. The number of alkyl carbamates (subject to hydrolysis) is 1. The van der Waals surface area contributed by atoms with Crippen molar-refractivity contribution in [2.75, 3.05) is 13.2 Å². The number of phenolic OH excluding ortho intramolecular Hbond substituents is 1. The molecule has 3 rings (SSSR count). The lowest BCUT2D eigenvalue weighted by molar-refractivity contribution is 0.0520. The molecule has 0 heterocycles. The molecule has 2 N–H and O–H groups in total. The van der Waals surface area contributed by atoms with Gasteiger partial charge in [-0.2, -0.15) is 0 Å². The van der Waals surface area contributed by atoms with Crippen molar-refractivity contribution in [1.82, 2.24) is 5.32 Å². The highest BCUT2D eigenvalue weighted by molar-refractivity contribution is 6.18. The van der Waals surface area contributed by atoms with E-state index < -0.39 is 11.7 Å². The molecule has 0 saturated heterocycles.